The molecule has 0 aliphatic rings. The summed E-state index contributed by atoms with van der Waals surface area (Å²) in [5, 5.41) is 0. The smallest absolute Gasteiger partial charge is 0.0224 e. The molecule has 0 nitrogen and oxygen atoms in total. The zero-order valence-corrected chi connectivity index (χ0v) is 9.66. The molecule has 1 rings (SSSR count). The van der Waals surface area contributed by atoms with Crippen LogP contribution in [0.3, 0.4) is 0 Å². The van der Waals surface area contributed by atoms with E-state index in [1.54, 1.807) is 0 Å². The summed E-state index contributed by atoms with van der Waals surface area (Å²) in [7, 11) is 0. The second-order valence-electron chi connectivity index (χ2n) is 2.60. The lowest BCUT2D eigenvalue weighted by Gasteiger charge is -2.09. The number of halogens is 2. The summed E-state index contributed by atoms with van der Waals surface area (Å²) in [5.74, 6) is 1.31. The first-order valence-electron chi connectivity index (χ1n) is 3.37. The first kappa shape index (κ1) is 9.27. The lowest BCUT2D eigenvalue weighted by molar-refractivity contribution is 1.13. The molecule has 0 unspecified atom stereocenters. The predicted octanol–water partition coefficient (Wildman–Crippen LogP) is 4.17. The van der Waals surface area contributed by atoms with Crippen LogP contribution in [0.2, 0.25) is 0 Å². The van der Waals surface area contributed by atoms with Gasteiger partial charge in [0.15, 0.2) is 0 Å². The van der Waals surface area contributed by atoms with Crippen LogP contribution < -0.4 is 0 Å². The fraction of sp³-hybridized carbons (Fsp3) is 0.222. The molecule has 59 valence electrons. The zero-order valence-electron chi connectivity index (χ0n) is 6.49. The Bertz CT molecular complexity index is 233. The van der Waals surface area contributed by atoms with Gasteiger partial charge < -0.3 is 0 Å². The van der Waals surface area contributed by atoms with Crippen LogP contribution in [-0.2, 0) is 0 Å². The van der Waals surface area contributed by atoms with E-state index in [4.69, 9.17) is 0 Å². The Kier molecular flexibility index (Phi) is 3.14. The SMILES string of the molecule is C[C](C)c1c(Br)cccc1Br. The van der Waals surface area contributed by atoms with Gasteiger partial charge in [0, 0.05) is 14.9 Å². The third-order valence-electron chi connectivity index (χ3n) is 1.46. The van der Waals surface area contributed by atoms with Crippen LogP contribution in [0, 0.1) is 5.92 Å². The van der Waals surface area contributed by atoms with Crippen molar-refractivity contribution < 1.29 is 0 Å². The normalized spacial score (nSPS) is 10.6. The minimum Gasteiger partial charge on any atom is -0.0600 e. The second kappa shape index (κ2) is 3.72. The van der Waals surface area contributed by atoms with Crippen molar-refractivity contribution in [3.05, 3.63) is 38.6 Å². The quantitative estimate of drug-likeness (QED) is 0.722. The van der Waals surface area contributed by atoms with Crippen molar-refractivity contribution in [2.45, 2.75) is 13.8 Å². The van der Waals surface area contributed by atoms with Gasteiger partial charge in [-0.05, 0) is 17.7 Å². The molecule has 0 saturated carbocycles. The third kappa shape index (κ3) is 2.06. The van der Waals surface area contributed by atoms with Crippen molar-refractivity contribution in [2.24, 2.45) is 0 Å². The maximum absolute atomic E-state index is 3.50. The molecule has 11 heavy (non-hydrogen) atoms. The Morgan fingerprint density at radius 1 is 1.09 bits per heavy atom. The van der Waals surface area contributed by atoms with E-state index in [0.29, 0.717) is 0 Å². The maximum atomic E-state index is 3.50. The first-order valence-corrected chi connectivity index (χ1v) is 4.96. The predicted molar refractivity (Wildman–Crippen MR) is 55.5 cm³/mol. The standard InChI is InChI=1S/C9H9Br2/c1-6(2)9-7(10)4-3-5-8(9)11/h3-5H,1-2H3. The van der Waals surface area contributed by atoms with E-state index in [9.17, 15) is 0 Å². The van der Waals surface area contributed by atoms with Crippen LogP contribution in [0.15, 0.2) is 27.1 Å². The number of hydrogen-bond donors (Lipinski definition) is 0. The van der Waals surface area contributed by atoms with Gasteiger partial charge in [0.2, 0.25) is 0 Å². The fourth-order valence-electron chi connectivity index (χ4n) is 0.975. The van der Waals surface area contributed by atoms with Crippen LogP contribution >= 0.6 is 31.9 Å². The molecule has 2 heteroatoms. The van der Waals surface area contributed by atoms with E-state index in [0.717, 1.165) is 8.95 Å². The topological polar surface area (TPSA) is 0 Å². The summed E-state index contributed by atoms with van der Waals surface area (Å²) in [6.07, 6.45) is 0. The molecular formula is C9H9Br2. The van der Waals surface area contributed by atoms with Gasteiger partial charge in [-0.1, -0.05) is 51.8 Å². The van der Waals surface area contributed by atoms with Gasteiger partial charge in [-0.2, -0.15) is 0 Å². The molecular weight excluding hydrogens is 268 g/mol. The Morgan fingerprint density at radius 2 is 1.55 bits per heavy atom. The van der Waals surface area contributed by atoms with Crippen molar-refractivity contribution in [2.75, 3.05) is 0 Å². The molecule has 1 aromatic rings. The van der Waals surface area contributed by atoms with Crippen molar-refractivity contribution >= 4 is 31.9 Å². The minimum atomic E-state index is 1.15. The molecule has 0 bridgehead atoms. The summed E-state index contributed by atoms with van der Waals surface area (Å²) in [4.78, 5) is 0. The molecule has 0 aliphatic heterocycles. The van der Waals surface area contributed by atoms with Gasteiger partial charge in [0.25, 0.3) is 0 Å². The Balaban J connectivity index is 3.21. The molecule has 0 amide bonds. The number of rotatable bonds is 1. The Labute approximate surface area is 84.3 Å². The lowest BCUT2D eigenvalue weighted by Crippen LogP contribution is -1.90. The fourth-order valence-corrected chi connectivity index (χ4v) is 2.77. The van der Waals surface area contributed by atoms with Gasteiger partial charge >= 0.3 is 0 Å². The van der Waals surface area contributed by atoms with E-state index in [2.05, 4.69) is 45.7 Å². The lowest BCUT2D eigenvalue weighted by atomic mass is 10.0. The Hall–Kier alpha value is 0.180. The molecule has 0 saturated heterocycles. The molecule has 0 heterocycles. The average molecular weight is 277 g/mol. The van der Waals surface area contributed by atoms with Crippen molar-refractivity contribution in [1.29, 1.82) is 0 Å². The van der Waals surface area contributed by atoms with E-state index in [1.165, 1.54) is 11.5 Å². The summed E-state index contributed by atoms with van der Waals surface area (Å²) in [5.41, 5.74) is 1.26. The molecule has 0 atom stereocenters. The highest BCUT2D eigenvalue weighted by molar-refractivity contribution is 9.11. The summed E-state index contributed by atoms with van der Waals surface area (Å²) < 4.78 is 2.29. The maximum Gasteiger partial charge on any atom is 0.0224 e. The highest BCUT2D eigenvalue weighted by atomic mass is 79.9. The van der Waals surface area contributed by atoms with Crippen molar-refractivity contribution in [3.8, 4) is 0 Å². The second-order valence-corrected chi connectivity index (χ2v) is 4.31. The van der Waals surface area contributed by atoms with Crippen LogP contribution in [0.4, 0.5) is 0 Å². The summed E-state index contributed by atoms with van der Waals surface area (Å²) in [6, 6.07) is 6.11. The number of benzene rings is 1. The van der Waals surface area contributed by atoms with E-state index in [-0.39, 0.29) is 0 Å². The molecule has 1 aromatic carbocycles. The van der Waals surface area contributed by atoms with Gasteiger partial charge in [-0.3, -0.25) is 0 Å². The zero-order chi connectivity index (χ0) is 8.43. The van der Waals surface area contributed by atoms with Gasteiger partial charge in [0.05, 0.1) is 0 Å². The van der Waals surface area contributed by atoms with Crippen molar-refractivity contribution in [1.82, 2.24) is 0 Å². The van der Waals surface area contributed by atoms with Gasteiger partial charge in [-0.15, -0.1) is 0 Å². The molecule has 0 spiro atoms. The highest BCUT2D eigenvalue weighted by Crippen LogP contribution is 2.30. The Morgan fingerprint density at radius 3 is 1.82 bits per heavy atom. The van der Waals surface area contributed by atoms with E-state index in [1.807, 2.05) is 18.2 Å². The largest absolute Gasteiger partial charge is 0.0600 e. The average Bonchev–Trinajstić information content (AvgIpc) is 1.85. The molecule has 0 fully saturated rings. The first-order chi connectivity index (χ1) is 5.13. The van der Waals surface area contributed by atoms with Crippen LogP contribution in [-0.4, -0.2) is 0 Å². The monoisotopic (exact) mass is 275 g/mol. The van der Waals surface area contributed by atoms with Gasteiger partial charge in [0.1, 0.15) is 0 Å². The van der Waals surface area contributed by atoms with E-state index < -0.39 is 0 Å². The van der Waals surface area contributed by atoms with Crippen molar-refractivity contribution in [3.63, 3.8) is 0 Å². The van der Waals surface area contributed by atoms with E-state index >= 15 is 0 Å². The van der Waals surface area contributed by atoms with Crippen LogP contribution in [0.5, 0.6) is 0 Å². The third-order valence-corrected chi connectivity index (χ3v) is 2.78. The molecule has 1 radical (unpaired) electrons. The minimum absolute atomic E-state index is 1.15. The number of hydrogen-bond acceptors (Lipinski definition) is 0. The van der Waals surface area contributed by atoms with Gasteiger partial charge in [-0.25, -0.2) is 0 Å². The highest BCUT2D eigenvalue weighted by Gasteiger charge is 2.07. The summed E-state index contributed by atoms with van der Waals surface area (Å²) >= 11 is 6.99. The molecule has 0 aliphatic carbocycles. The summed E-state index contributed by atoms with van der Waals surface area (Å²) in [6.45, 7) is 4.20. The molecule has 0 N–H and O–H groups in total. The van der Waals surface area contributed by atoms with Crippen LogP contribution in [0.1, 0.15) is 19.4 Å². The molecule has 0 aromatic heterocycles. The van der Waals surface area contributed by atoms with Crippen LogP contribution in [0.25, 0.3) is 0 Å².